The lowest BCUT2D eigenvalue weighted by molar-refractivity contribution is 0.00526. The molecule has 0 amide bonds. The van der Waals surface area contributed by atoms with Gasteiger partial charge in [-0.05, 0) is 32.1 Å². The highest BCUT2D eigenvalue weighted by molar-refractivity contribution is 7.79. The van der Waals surface area contributed by atoms with Gasteiger partial charge in [-0.1, -0.05) is 76.9 Å². The van der Waals surface area contributed by atoms with Crippen molar-refractivity contribution >= 4 is 10.4 Å². The molecule has 0 saturated carbocycles. The Hall–Kier alpha value is -0.510. The zero-order valence-corrected chi connectivity index (χ0v) is 19.0. The van der Waals surface area contributed by atoms with Gasteiger partial charge in [-0.25, -0.2) is 0 Å². The molecule has 0 aromatic carbocycles. The summed E-state index contributed by atoms with van der Waals surface area (Å²) in [5.41, 5.74) is 0. The molecular weight excluding hydrogens is 396 g/mol. The Labute approximate surface area is 178 Å². The molecule has 0 aliphatic rings. The second-order valence-corrected chi connectivity index (χ2v) is 8.19. The van der Waals surface area contributed by atoms with Crippen LogP contribution in [0.2, 0.25) is 0 Å². The molecule has 0 spiro atoms. The average Bonchev–Trinajstić information content (AvgIpc) is 2.65. The van der Waals surface area contributed by atoms with Gasteiger partial charge in [-0.3, -0.25) is 9.11 Å². The predicted octanol–water partition coefficient (Wildman–Crippen LogP) is 4.74. The van der Waals surface area contributed by atoms with E-state index in [2.05, 4.69) is 19.1 Å². The first-order valence-corrected chi connectivity index (χ1v) is 12.4. The van der Waals surface area contributed by atoms with E-state index < -0.39 is 16.5 Å². The van der Waals surface area contributed by atoms with Crippen molar-refractivity contribution in [3.63, 3.8) is 0 Å². The van der Waals surface area contributed by atoms with Gasteiger partial charge in [0, 0.05) is 6.61 Å². The van der Waals surface area contributed by atoms with Gasteiger partial charge in [0.15, 0.2) is 0 Å². The summed E-state index contributed by atoms with van der Waals surface area (Å²) in [6.45, 7) is 3.00. The average molecular weight is 441 g/mol. The van der Waals surface area contributed by atoms with Crippen molar-refractivity contribution in [3.05, 3.63) is 12.2 Å². The molecule has 0 aliphatic heterocycles. The van der Waals surface area contributed by atoms with Gasteiger partial charge in [-0.15, -0.1) is 0 Å². The van der Waals surface area contributed by atoms with Gasteiger partial charge < -0.3 is 14.9 Å². The van der Waals surface area contributed by atoms with Crippen LogP contribution in [0.1, 0.15) is 96.8 Å². The van der Waals surface area contributed by atoms with Gasteiger partial charge in [0.25, 0.3) is 0 Å². The Kier molecular flexibility index (Phi) is 25.1. The largest absolute Gasteiger partial charge is 0.394 e. The number of hydrogen-bond donors (Lipinski definition) is 4. The smallest absolute Gasteiger partial charge is 0.394 e. The van der Waals surface area contributed by atoms with E-state index in [-0.39, 0.29) is 13.2 Å². The summed E-state index contributed by atoms with van der Waals surface area (Å²) in [4.78, 5) is 0. The number of allylic oxidation sites excluding steroid dienone is 2. The van der Waals surface area contributed by atoms with Crippen LogP contribution < -0.4 is 0 Å². The van der Waals surface area contributed by atoms with E-state index >= 15 is 0 Å². The van der Waals surface area contributed by atoms with Crippen molar-refractivity contribution in [3.8, 4) is 0 Å². The zero-order chi connectivity index (χ0) is 22.2. The lowest BCUT2D eigenvalue weighted by Crippen LogP contribution is -2.19. The zero-order valence-electron chi connectivity index (χ0n) is 18.2. The van der Waals surface area contributed by atoms with E-state index in [1.807, 2.05) is 0 Å². The molecule has 0 radical (unpaired) electrons. The normalized spacial score (nSPS) is 12.7. The molecule has 1 unspecified atom stereocenters. The van der Waals surface area contributed by atoms with Crippen LogP contribution in [0.15, 0.2) is 12.2 Å². The van der Waals surface area contributed by atoms with Gasteiger partial charge >= 0.3 is 10.4 Å². The van der Waals surface area contributed by atoms with Crippen molar-refractivity contribution in [1.29, 1.82) is 0 Å². The Morgan fingerprint density at radius 3 is 1.66 bits per heavy atom. The minimum absolute atomic E-state index is 0.215. The highest BCUT2D eigenvalue weighted by atomic mass is 32.3. The minimum Gasteiger partial charge on any atom is -0.394 e. The van der Waals surface area contributed by atoms with Crippen LogP contribution in [0.5, 0.6) is 0 Å². The highest BCUT2D eigenvalue weighted by Crippen LogP contribution is 2.10. The van der Waals surface area contributed by atoms with Crippen LogP contribution in [0.25, 0.3) is 0 Å². The lowest BCUT2D eigenvalue weighted by Gasteiger charge is -2.07. The minimum atomic E-state index is -4.67. The summed E-state index contributed by atoms with van der Waals surface area (Å²) in [7, 11) is -4.67. The predicted molar refractivity (Wildman–Crippen MR) is 118 cm³/mol. The van der Waals surface area contributed by atoms with Crippen LogP contribution in [0.4, 0.5) is 0 Å². The number of ether oxygens (including phenoxy) is 1. The highest BCUT2D eigenvalue weighted by Gasteiger charge is 2.00. The molecule has 0 aromatic heterocycles. The number of unbranched alkanes of at least 4 members (excludes halogenated alkanes) is 12. The maximum atomic E-state index is 9.11. The molecule has 0 heterocycles. The summed E-state index contributed by atoms with van der Waals surface area (Å²) in [5, 5.41) is 17.8. The molecule has 1 atom stereocenters. The third-order valence-electron chi connectivity index (χ3n) is 4.32. The van der Waals surface area contributed by atoms with E-state index in [1.54, 1.807) is 0 Å². The molecule has 0 fully saturated rings. The molecule has 0 aromatic rings. The third-order valence-corrected chi connectivity index (χ3v) is 4.32. The van der Waals surface area contributed by atoms with Crippen LogP contribution in [-0.4, -0.2) is 53.7 Å². The SMILES string of the molecule is CCCCCCCC/C=C\CCCCCCCCOCC(O)CO.O=S(=O)(O)O. The summed E-state index contributed by atoms with van der Waals surface area (Å²) in [6.07, 6.45) is 22.3. The van der Waals surface area contributed by atoms with Gasteiger partial charge in [0.05, 0.1) is 13.2 Å². The lowest BCUT2D eigenvalue weighted by atomic mass is 10.1. The molecular formula is C21H44O7S. The molecule has 4 N–H and O–H groups in total. The Balaban J connectivity index is 0. The first-order chi connectivity index (χ1) is 13.8. The van der Waals surface area contributed by atoms with Gasteiger partial charge in [0.1, 0.15) is 6.10 Å². The van der Waals surface area contributed by atoms with Crippen molar-refractivity contribution < 1.29 is 32.5 Å². The first kappa shape index (κ1) is 30.7. The van der Waals surface area contributed by atoms with Crippen LogP contribution in [0.3, 0.4) is 0 Å². The van der Waals surface area contributed by atoms with Crippen LogP contribution >= 0.6 is 0 Å². The standard InChI is InChI=1S/C21H42O3.H2O4S/c1-2-3-4-5-6-7-8-9-10-11-12-13-14-15-16-17-18-24-20-21(23)19-22;1-5(2,3)4/h9-10,21-23H,2-8,11-20H2,1H3;(H2,1,2,3,4)/b10-9-;. The molecule has 0 aliphatic carbocycles. The van der Waals surface area contributed by atoms with Crippen LogP contribution in [-0.2, 0) is 15.1 Å². The fourth-order valence-corrected chi connectivity index (χ4v) is 2.72. The third kappa shape index (κ3) is 38.7. The fourth-order valence-electron chi connectivity index (χ4n) is 2.72. The van der Waals surface area contributed by atoms with Crippen molar-refractivity contribution in [2.24, 2.45) is 0 Å². The molecule has 0 bridgehead atoms. The number of aliphatic hydroxyl groups excluding tert-OH is 2. The Morgan fingerprint density at radius 1 is 0.793 bits per heavy atom. The first-order valence-electron chi connectivity index (χ1n) is 11.0. The van der Waals surface area contributed by atoms with Gasteiger partial charge in [0.2, 0.25) is 0 Å². The molecule has 0 rings (SSSR count). The number of rotatable bonds is 19. The molecule has 8 heteroatoms. The Bertz CT molecular complexity index is 430. The molecule has 0 saturated heterocycles. The quantitative estimate of drug-likeness (QED) is 0.130. The van der Waals surface area contributed by atoms with E-state index in [0.29, 0.717) is 6.61 Å². The molecule has 7 nitrogen and oxygen atoms in total. The number of hydrogen-bond acceptors (Lipinski definition) is 5. The van der Waals surface area contributed by atoms with Crippen molar-refractivity contribution in [2.45, 2.75) is 103 Å². The summed E-state index contributed by atoms with van der Waals surface area (Å²) in [6, 6.07) is 0. The Morgan fingerprint density at radius 2 is 1.21 bits per heavy atom. The van der Waals surface area contributed by atoms with E-state index in [1.165, 1.54) is 83.5 Å². The topological polar surface area (TPSA) is 124 Å². The molecule has 176 valence electrons. The maximum absolute atomic E-state index is 9.11. The van der Waals surface area contributed by atoms with Crippen molar-refractivity contribution in [2.75, 3.05) is 19.8 Å². The second-order valence-electron chi connectivity index (χ2n) is 7.30. The van der Waals surface area contributed by atoms with Crippen molar-refractivity contribution in [1.82, 2.24) is 0 Å². The summed E-state index contributed by atoms with van der Waals surface area (Å²) >= 11 is 0. The molecule has 29 heavy (non-hydrogen) atoms. The van der Waals surface area contributed by atoms with Gasteiger partial charge in [-0.2, -0.15) is 8.42 Å². The van der Waals surface area contributed by atoms with E-state index in [0.717, 1.165) is 6.42 Å². The summed E-state index contributed by atoms with van der Waals surface area (Å²) in [5.74, 6) is 0. The van der Waals surface area contributed by atoms with E-state index in [9.17, 15) is 0 Å². The second kappa shape index (κ2) is 23.8. The monoisotopic (exact) mass is 440 g/mol. The van der Waals surface area contributed by atoms with E-state index in [4.69, 9.17) is 32.5 Å². The number of aliphatic hydroxyl groups is 2. The van der Waals surface area contributed by atoms with Crippen LogP contribution in [0, 0.1) is 0 Å². The maximum Gasteiger partial charge on any atom is 0.394 e. The summed E-state index contributed by atoms with van der Waals surface area (Å²) < 4.78 is 36.9. The fraction of sp³-hybridized carbons (Fsp3) is 0.905.